The number of anilines is 2. The molecular weight excluding hydrogens is 292 g/mol. The third-order valence-corrected chi connectivity index (χ3v) is 3.89. The molecule has 0 radical (unpaired) electrons. The topological polar surface area (TPSA) is 50.8 Å². The first-order chi connectivity index (χ1) is 11.2. The highest BCUT2D eigenvalue weighted by molar-refractivity contribution is 6.04. The second-order valence-corrected chi connectivity index (χ2v) is 5.24. The summed E-state index contributed by atoms with van der Waals surface area (Å²) in [6, 6.07) is 13.0. The van der Waals surface area contributed by atoms with Gasteiger partial charge in [-0.3, -0.25) is 4.79 Å². The quantitative estimate of drug-likeness (QED) is 0.918. The van der Waals surface area contributed by atoms with Crippen molar-refractivity contribution < 1.29 is 14.3 Å². The van der Waals surface area contributed by atoms with Crippen LogP contribution in [0.15, 0.2) is 42.5 Å². The Bertz CT molecular complexity index is 694. The van der Waals surface area contributed by atoms with E-state index in [1.165, 1.54) is 0 Å². The molecular formula is C18H20N2O3. The van der Waals surface area contributed by atoms with Gasteiger partial charge in [0.2, 0.25) is 6.79 Å². The molecule has 0 atom stereocenters. The van der Waals surface area contributed by atoms with E-state index in [1.807, 2.05) is 24.3 Å². The molecule has 0 bridgehead atoms. The van der Waals surface area contributed by atoms with Crippen LogP contribution >= 0.6 is 0 Å². The van der Waals surface area contributed by atoms with Gasteiger partial charge in [0.15, 0.2) is 11.5 Å². The summed E-state index contributed by atoms with van der Waals surface area (Å²) in [5.74, 6) is 1.21. The van der Waals surface area contributed by atoms with Crippen LogP contribution in [0.5, 0.6) is 11.5 Å². The van der Waals surface area contributed by atoms with Gasteiger partial charge in [0, 0.05) is 36.1 Å². The molecule has 0 unspecified atom stereocenters. The van der Waals surface area contributed by atoms with Crippen LogP contribution in [0.25, 0.3) is 0 Å². The van der Waals surface area contributed by atoms with E-state index in [4.69, 9.17) is 9.47 Å². The summed E-state index contributed by atoms with van der Waals surface area (Å²) in [5, 5.41) is 2.88. The summed E-state index contributed by atoms with van der Waals surface area (Å²) >= 11 is 0. The summed E-state index contributed by atoms with van der Waals surface area (Å²) in [6.45, 7) is 6.34. The van der Waals surface area contributed by atoms with E-state index < -0.39 is 0 Å². The molecule has 23 heavy (non-hydrogen) atoms. The van der Waals surface area contributed by atoms with Crippen LogP contribution in [0.4, 0.5) is 11.4 Å². The van der Waals surface area contributed by atoms with Crippen molar-refractivity contribution >= 4 is 17.3 Å². The lowest BCUT2D eigenvalue weighted by Crippen LogP contribution is -2.21. The molecule has 0 aliphatic carbocycles. The molecule has 1 heterocycles. The highest BCUT2D eigenvalue weighted by atomic mass is 16.7. The zero-order valence-corrected chi connectivity index (χ0v) is 13.3. The molecule has 3 rings (SSSR count). The molecule has 0 fully saturated rings. The monoisotopic (exact) mass is 312 g/mol. The number of carbonyl (C=O) groups excluding carboxylic acids is 1. The van der Waals surface area contributed by atoms with Gasteiger partial charge >= 0.3 is 0 Å². The smallest absolute Gasteiger partial charge is 0.255 e. The maximum absolute atomic E-state index is 12.3. The number of benzene rings is 2. The average Bonchev–Trinajstić information content (AvgIpc) is 3.04. The van der Waals surface area contributed by atoms with Crippen LogP contribution in [-0.4, -0.2) is 25.8 Å². The van der Waals surface area contributed by atoms with Crippen LogP contribution in [-0.2, 0) is 0 Å². The minimum atomic E-state index is -0.144. The summed E-state index contributed by atoms with van der Waals surface area (Å²) < 4.78 is 10.6. The maximum atomic E-state index is 12.3. The molecule has 2 aromatic rings. The van der Waals surface area contributed by atoms with Crippen molar-refractivity contribution in [2.24, 2.45) is 0 Å². The SMILES string of the molecule is CCN(CC)c1ccc(C(=O)Nc2ccc3c(c2)OCO3)cc1. The van der Waals surface area contributed by atoms with Crippen LogP contribution < -0.4 is 19.7 Å². The number of rotatable bonds is 5. The number of ether oxygens (including phenoxy) is 2. The lowest BCUT2D eigenvalue weighted by atomic mass is 10.1. The van der Waals surface area contributed by atoms with Gasteiger partial charge in [0.1, 0.15) is 0 Å². The molecule has 120 valence electrons. The number of nitrogens with zero attached hydrogens (tertiary/aromatic N) is 1. The first-order valence-corrected chi connectivity index (χ1v) is 7.77. The van der Waals surface area contributed by atoms with Crippen LogP contribution in [0.2, 0.25) is 0 Å². The molecule has 0 saturated carbocycles. The fourth-order valence-electron chi connectivity index (χ4n) is 2.59. The minimum Gasteiger partial charge on any atom is -0.454 e. The molecule has 1 aliphatic heterocycles. The molecule has 0 aromatic heterocycles. The summed E-state index contributed by atoms with van der Waals surface area (Å²) in [6.07, 6.45) is 0. The molecule has 1 amide bonds. The summed E-state index contributed by atoms with van der Waals surface area (Å²) in [4.78, 5) is 14.6. The lowest BCUT2D eigenvalue weighted by molar-refractivity contribution is 0.102. The Morgan fingerprint density at radius 1 is 1.04 bits per heavy atom. The molecule has 1 N–H and O–H groups in total. The van der Waals surface area contributed by atoms with E-state index in [9.17, 15) is 4.79 Å². The fraction of sp³-hybridized carbons (Fsp3) is 0.278. The first-order valence-electron chi connectivity index (χ1n) is 7.77. The molecule has 1 aliphatic rings. The van der Waals surface area contributed by atoms with Crippen LogP contribution in [0.3, 0.4) is 0 Å². The Morgan fingerprint density at radius 3 is 2.43 bits per heavy atom. The van der Waals surface area contributed by atoms with Gasteiger partial charge in [-0.1, -0.05) is 0 Å². The second-order valence-electron chi connectivity index (χ2n) is 5.24. The van der Waals surface area contributed by atoms with Gasteiger partial charge < -0.3 is 19.7 Å². The van der Waals surface area contributed by atoms with Crippen molar-refractivity contribution in [3.05, 3.63) is 48.0 Å². The van der Waals surface area contributed by atoms with Crippen molar-refractivity contribution in [2.75, 3.05) is 30.1 Å². The summed E-state index contributed by atoms with van der Waals surface area (Å²) in [5.41, 5.74) is 2.43. The second kappa shape index (κ2) is 6.60. The fourth-order valence-corrected chi connectivity index (χ4v) is 2.59. The Labute approximate surface area is 135 Å². The maximum Gasteiger partial charge on any atom is 0.255 e. The Kier molecular flexibility index (Phi) is 4.37. The number of carbonyl (C=O) groups is 1. The highest BCUT2D eigenvalue weighted by Crippen LogP contribution is 2.34. The predicted octanol–water partition coefficient (Wildman–Crippen LogP) is 3.51. The Morgan fingerprint density at radius 2 is 1.74 bits per heavy atom. The Hall–Kier alpha value is -2.69. The zero-order valence-electron chi connectivity index (χ0n) is 13.3. The van der Waals surface area contributed by atoms with E-state index in [1.54, 1.807) is 18.2 Å². The largest absolute Gasteiger partial charge is 0.454 e. The average molecular weight is 312 g/mol. The number of fused-ring (bicyclic) bond motifs is 1. The molecule has 5 heteroatoms. The van der Waals surface area contributed by atoms with Crippen LogP contribution in [0.1, 0.15) is 24.2 Å². The van der Waals surface area contributed by atoms with Gasteiger partial charge in [-0.2, -0.15) is 0 Å². The standard InChI is InChI=1S/C18H20N2O3/c1-3-20(4-2)15-8-5-13(6-9-15)18(21)19-14-7-10-16-17(11-14)23-12-22-16/h5-11H,3-4,12H2,1-2H3,(H,19,21). The molecule has 0 saturated heterocycles. The molecule has 5 nitrogen and oxygen atoms in total. The van der Waals surface area contributed by atoms with Crippen molar-refractivity contribution in [2.45, 2.75) is 13.8 Å². The first kappa shape index (κ1) is 15.2. The van der Waals surface area contributed by atoms with Crippen molar-refractivity contribution in [1.29, 1.82) is 0 Å². The van der Waals surface area contributed by atoms with Gasteiger partial charge in [0.25, 0.3) is 5.91 Å². The number of amides is 1. The van der Waals surface area contributed by atoms with Gasteiger partial charge in [-0.05, 0) is 50.2 Å². The Balaban J connectivity index is 1.71. The van der Waals surface area contributed by atoms with Crippen molar-refractivity contribution in [3.63, 3.8) is 0 Å². The van der Waals surface area contributed by atoms with E-state index >= 15 is 0 Å². The van der Waals surface area contributed by atoms with Gasteiger partial charge in [0.05, 0.1) is 0 Å². The summed E-state index contributed by atoms with van der Waals surface area (Å²) in [7, 11) is 0. The normalized spacial score (nSPS) is 12.1. The molecule has 2 aromatic carbocycles. The lowest BCUT2D eigenvalue weighted by Gasteiger charge is -2.21. The number of hydrogen-bond donors (Lipinski definition) is 1. The van der Waals surface area contributed by atoms with Crippen LogP contribution in [0, 0.1) is 0 Å². The number of nitrogens with one attached hydrogen (secondary N) is 1. The van der Waals surface area contributed by atoms with Crippen molar-refractivity contribution in [3.8, 4) is 11.5 Å². The zero-order chi connectivity index (χ0) is 16.2. The van der Waals surface area contributed by atoms with Gasteiger partial charge in [-0.15, -0.1) is 0 Å². The van der Waals surface area contributed by atoms with Gasteiger partial charge in [-0.25, -0.2) is 0 Å². The van der Waals surface area contributed by atoms with E-state index in [-0.39, 0.29) is 12.7 Å². The highest BCUT2D eigenvalue weighted by Gasteiger charge is 2.14. The third-order valence-electron chi connectivity index (χ3n) is 3.89. The van der Waals surface area contributed by atoms with E-state index in [0.29, 0.717) is 22.7 Å². The third kappa shape index (κ3) is 3.23. The minimum absolute atomic E-state index is 0.144. The predicted molar refractivity (Wildman–Crippen MR) is 90.5 cm³/mol. The van der Waals surface area contributed by atoms with E-state index in [2.05, 4.69) is 24.1 Å². The molecule has 0 spiro atoms. The number of hydrogen-bond acceptors (Lipinski definition) is 4. The van der Waals surface area contributed by atoms with E-state index in [0.717, 1.165) is 18.8 Å². The van der Waals surface area contributed by atoms with Crippen molar-refractivity contribution in [1.82, 2.24) is 0 Å².